The molecule has 0 aliphatic carbocycles. The molecule has 4 heteroatoms. The molecule has 0 spiro atoms. The summed E-state index contributed by atoms with van der Waals surface area (Å²) in [5.41, 5.74) is 6.44. The Hall–Kier alpha value is -1.16. The van der Waals surface area contributed by atoms with E-state index in [1.165, 1.54) is 17.3 Å². The quantitative estimate of drug-likeness (QED) is 0.589. The van der Waals surface area contributed by atoms with Crippen LogP contribution in [0.2, 0.25) is 0 Å². The Kier molecular flexibility index (Phi) is 4.32. The van der Waals surface area contributed by atoms with E-state index in [0.29, 0.717) is 0 Å². The first-order valence-electron chi connectivity index (χ1n) is 4.32. The highest BCUT2D eigenvalue weighted by Gasteiger charge is 1.97. The molecule has 0 aliphatic heterocycles. The molecule has 0 heterocycles. The molecule has 0 unspecified atom stereocenters. The first-order valence-corrected chi connectivity index (χ1v) is 5.30. The molecule has 14 heavy (non-hydrogen) atoms. The summed E-state index contributed by atoms with van der Waals surface area (Å²) in [7, 11) is 1.66. The van der Waals surface area contributed by atoms with Crippen molar-refractivity contribution in [3.8, 4) is 5.75 Å². The van der Waals surface area contributed by atoms with Crippen molar-refractivity contribution >= 4 is 16.9 Å². The van der Waals surface area contributed by atoms with E-state index < -0.39 is 0 Å². The van der Waals surface area contributed by atoms with Gasteiger partial charge in [-0.3, -0.25) is 5.41 Å². The molecule has 3 N–H and O–H groups in total. The molecule has 0 saturated heterocycles. The number of hydrogen-bond donors (Lipinski definition) is 2. The maximum atomic E-state index is 7.05. The summed E-state index contributed by atoms with van der Waals surface area (Å²) in [5.74, 6) is 1.71. The van der Waals surface area contributed by atoms with Gasteiger partial charge in [0.2, 0.25) is 0 Å². The highest BCUT2D eigenvalue weighted by molar-refractivity contribution is 8.13. The Balaban J connectivity index is 2.46. The van der Waals surface area contributed by atoms with Crippen LogP contribution in [0.1, 0.15) is 5.56 Å². The minimum absolute atomic E-state index is 0.174. The monoisotopic (exact) mass is 210 g/mol. The van der Waals surface area contributed by atoms with Crippen molar-refractivity contribution in [1.82, 2.24) is 0 Å². The molecule has 0 saturated carbocycles. The Labute approximate surface area is 88.2 Å². The molecule has 0 aromatic heterocycles. The zero-order valence-electron chi connectivity index (χ0n) is 8.12. The fraction of sp³-hybridized carbons (Fsp3) is 0.300. The molecule has 0 fully saturated rings. The van der Waals surface area contributed by atoms with Crippen LogP contribution in [0.15, 0.2) is 24.3 Å². The normalized spacial score (nSPS) is 9.79. The van der Waals surface area contributed by atoms with Crippen LogP contribution in [-0.2, 0) is 6.42 Å². The Morgan fingerprint density at radius 2 is 2.36 bits per heavy atom. The van der Waals surface area contributed by atoms with Crippen LogP contribution >= 0.6 is 11.8 Å². The van der Waals surface area contributed by atoms with Crippen molar-refractivity contribution in [2.75, 3.05) is 12.9 Å². The van der Waals surface area contributed by atoms with Crippen molar-refractivity contribution in [2.24, 2.45) is 5.73 Å². The zero-order valence-corrected chi connectivity index (χ0v) is 8.93. The summed E-state index contributed by atoms with van der Waals surface area (Å²) < 4.78 is 5.11. The highest BCUT2D eigenvalue weighted by Crippen LogP contribution is 2.14. The van der Waals surface area contributed by atoms with E-state index in [1.54, 1.807) is 7.11 Å². The van der Waals surface area contributed by atoms with Gasteiger partial charge in [-0.1, -0.05) is 23.9 Å². The van der Waals surface area contributed by atoms with E-state index in [1.807, 2.05) is 24.3 Å². The van der Waals surface area contributed by atoms with Gasteiger partial charge in [-0.15, -0.1) is 0 Å². The zero-order chi connectivity index (χ0) is 10.4. The van der Waals surface area contributed by atoms with Crippen LogP contribution in [0.25, 0.3) is 0 Å². The summed E-state index contributed by atoms with van der Waals surface area (Å²) in [6, 6.07) is 7.93. The third-order valence-electron chi connectivity index (χ3n) is 1.78. The summed E-state index contributed by atoms with van der Waals surface area (Å²) >= 11 is 1.36. The van der Waals surface area contributed by atoms with Crippen LogP contribution in [0.3, 0.4) is 0 Å². The maximum absolute atomic E-state index is 7.05. The van der Waals surface area contributed by atoms with Crippen LogP contribution in [-0.4, -0.2) is 18.0 Å². The van der Waals surface area contributed by atoms with Gasteiger partial charge in [0.15, 0.2) is 5.17 Å². The van der Waals surface area contributed by atoms with Gasteiger partial charge in [-0.05, 0) is 24.1 Å². The van der Waals surface area contributed by atoms with Gasteiger partial charge in [0.1, 0.15) is 5.75 Å². The molecule has 0 atom stereocenters. The van der Waals surface area contributed by atoms with E-state index in [9.17, 15) is 0 Å². The summed E-state index contributed by atoms with van der Waals surface area (Å²) in [6.07, 6.45) is 0.904. The molecule has 1 rings (SSSR count). The second kappa shape index (κ2) is 5.54. The second-order valence-corrected chi connectivity index (χ2v) is 3.95. The van der Waals surface area contributed by atoms with Gasteiger partial charge in [-0.25, -0.2) is 0 Å². The van der Waals surface area contributed by atoms with Crippen molar-refractivity contribution in [3.63, 3.8) is 0 Å². The fourth-order valence-corrected chi connectivity index (χ4v) is 1.66. The van der Waals surface area contributed by atoms with E-state index in [2.05, 4.69) is 0 Å². The standard InChI is InChI=1S/C10H14N2OS/c1-13-9-4-2-3-8(7-9)5-6-14-10(11)12/h2-4,7H,5-6H2,1H3,(H3,11,12). The van der Waals surface area contributed by atoms with Gasteiger partial charge >= 0.3 is 0 Å². The molecule has 0 radical (unpaired) electrons. The van der Waals surface area contributed by atoms with Gasteiger partial charge in [0.25, 0.3) is 0 Å². The lowest BCUT2D eigenvalue weighted by atomic mass is 10.2. The van der Waals surface area contributed by atoms with Gasteiger partial charge in [-0.2, -0.15) is 0 Å². The molecule has 76 valence electrons. The Bertz CT molecular complexity index is 315. The fourth-order valence-electron chi connectivity index (χ4n) is 1.11. The number of aryl methyl sites for hydroxylation is 1. The smallest absolute Gasteiger partial charge is 0.151 e. The Morgan fingerprint density at radius 3 is 3.00 bits per heavy atom. The lowest BCUT2D eigenvalue weighted by Crippen LogP contribution is -2.05. The molecule has 1 aromatic rings. The number of rotatable bonds is 4. The molecule has 0 bridgehead atoms. The van der Waals surface area contributed by atoms with Crippen LogP contribution in [0.5, 0.6) is 5.75 Å². The topological polar surface area (TPSA) is 59.1 Å². The molecular weight excluding hydrogens is 196 g/mol. The van der Waals surface area contributed by atoms with Crippen molar-refractivity contribution in [2.45, 2.75) is 6.42 Å². The first-order chi connectivity index (χ1) is 6.72. The predicted molar refractivity (Wildman–Crippen MR) is 61.1 cm³/mol. The number of hydrogen-bond acceptors (Lipinski definition) is 3. The lowest BCUT2D eigenvalue weighted by molar-refractivity contribution is 0.414. The summed E-state index contributed by atoms with van der Waals surface area (Å²) in [4.78, 5) is 0. The molecule has 3 nitrogen and oxygen atoms in total. The third-order valence-corrected chi connectivity index (χ3v) is 2.50. The van der Waals surface area contributed by atoms with E-state index in [0.717, 1.165) is 17.9 Å². The number of nitrogens with two attached hydrogens (primary N) is 1. The number of ether oxygens (including phenoxy) is 1. The molecule has 0 amide bonds. The number of amidine groups is 1. The minimum atomic E-state index is 0.174. The highest BCUT2D eigenvalue weighted by atomic mass is 32.2. The van der Waals surface area contributed by atoms with Gasteiger partial charge in [0.05, 0.1) is 7.11 Å². The van der Waals surface area contributed by atoms with Crippen LogP contribution < -0.4 is 10.5 Å². The van der Waals surface area contributed by atoms with Gasteiger partial charge in [0, 0.05) is 5.75 Å². The van der Waals surface area contributed by atoms with E-state index in [4.69, 9.17) is 15.9 Å². The van der Waals surface area contributed by atoms with Crippen LogP contribution in [0.4, 0.5) is 0 Å². The number of nitrogens with one attached hydrogen (secondary N) is 1. The predicted octanol–water partition coefficient (Wildman–Crippen LogP) is 1.86. The van der Waals surface area contributed by atoms with Crippen molar-refractivity contribution in [3.05, 3.63) is 29.8 Å². The molecular formula is C10H14N2OS. The summed E-state index contributed by atoms with van der Waals surface area (Å²) in [6.45, 7) is 0. The lowest BCUT2D eigenvalue weighted by Gasteiger charge is -2.03. The van der Waals surface area contributed by atoms with Gasteiger partial charge < -0.3 is 10.5 Å². The first kappa shape index (κ1) is 10.9. The number of benzene rings is 1. The largest absolute Gasteiger partial charge is 0.497 e. The van der Waals surface area contributed by atoms with E-state index in [-0.39, 0.29) is 5.17 Å². The van der Waals surface area contributed by atoms with E-state index >= 15 is 0 Å². The molecule has 0 aliphatic rings. The maximum Gasteiger partial charge on any atom is 0.151 e. The number of methoxy groups -OCH3 is 1. The molecule has 1 aromatic carbocycles. The number of thioether (sulfide) groups is 1. The van der Waals surface area contributed by atoms with Crippen molar-refractivity contribution < 1.29 is 4.74 Å². The average Bonchev–Trinajstić information content (AvgIpc) is 2.18. The summed E-state index contributed by atoms with van der Waals surface area (Å²) in [5, 5.41) is 7.23. The minimum Gasteiger partial charge on any atom is -0.497 e. The Morgan fingerprint density at radius 1 is 1.57 bits per heavy atom. The SMILES string of the molecule is COc1cccc(CCSC(=N)N)c1. The average molecular weight is 210 g/mol. The van der Waals surface area contributed by atoms with Crippen LogP contribution in [0, 0.1) is 5.41 Å². The third kappa shape index (κ3) is 3.70. The second-order valence-electron chi connectivity index (χ2n) is 2.81. The van der Waals surface area contributed by atoms with Crippen molar-refractivity contribution in [1.29, 1.82) is 5.41 Å².